The molecule has 0 amide bonds. The Morgan fingerprint density at radius 1 is 1.11 bits per heavy atom. The van der Waals surface area contributed by atoms with Gasteiger partial charge in [-0.3, -0.25) is 0 Å². The van der Waals surface area contributed by atoms with Gasteiger partial charge in [-0.15, -0.1) is 0 Å². The monoisotopic (exact) mass is 261 g/mol. The summed E-state index contributed by atoms with van der Waals surface area (Å²) >= 11 is 5.83. The van der Waals surface area contributed by atoms with Crippen LogP contribution in [0.2, 0.25) is 5.02 Å². The minimum Gasteiger partial charge on any atom is -0.506 e. The van der Waals surface area contributed by atoms with Crippen LogP contribution in [0.25, 0.3) is 11.1 Å². The Balaban J connectivity index is 2.46. The Hall–Kier alpha value is -1.51. The van der Waals surface area contributed by atoms with Gasteiger partial charge in [-0.2, -0.15) is 0 Å². The average molecular weight is 262 g/mol. The summed E-state index contributed by atoms with van der Waals surface area (Å²) in [6.07, 6.45) is 0. The number of rotatable bonds is 3. The van der Waals surface area contributed by atoms with E-state index in [2.05, 4.69) is 17.0 Å². The van der Waals surface area contributed by atoms with Crippen molar-refractivity contribution in [3.63, 3.8) is 0 Å². The number of benzene rings is 2. The van der Waals surface area contributed by atoms with Gasteiger partial charge in [0, 0.05) is 6.54 Å². The van der Waals surface area contributed by atoms with Crippen LogP contribution < -0.4 is 0 Å². The second-order valence-electron chi connectivity index (χ2n) is 4.56. The van der Waals surface area contributed by atoms with Crippen LogP contribution in [-0.2, 0) is 6.54 Å². The second kappa shape index (κ2) is 5.42. The van der Waals surface area contributed by atoms with Crippen LogP contribution in [0.1, 0.15) is 5.56 Å². The smallest absolute Gasteiger partial charge is 0.134 e. The lowest BCUT2D eigenvalue weighted by Crippen LogP contribution is -2.11. The third-order valence-electron chi connectivity index (χ3n) is 2.76. The van der Waals surface area contributed by atoms with Gasteiger partial charge >= 0.3 is 0 Å². The van der Waals surface area contributed by atoms with Crippen molar-refractivity contribution in [2.24, 2.45) is 0 Å². The molecule has 2 aromatic carbocycles. The lowest BCUT2D eigenvalue weighted by atomic mass is 9.99. The maximum absolute atomic E-state index is 9.69. The summed E-state index contributed by atoms with van der Waals surface area (Å²) in [5, 5.41) is 10.1. The first kappa shape index (κ1) is 12.9. The van der Waals surface area contributed by atoms with Crippen LogP contribution >= 0.6 is 11.6 Å². The number of hydrogen-bond donors (Lipinski definition) is 1. The van der Waals surface area contributed by atoms with E-state index in [1.54, 1.807) is 12.1 Å². The van der Waals surface area contributed by atoms with E-state index >= 15 is 0 Å². The van der Waals surface area contributed by atoms with Crippen molar-refractivity contribution in [2.45, 2.75) is 6.54 Å². The molecule has 18 heavy (non-hydrogen) atoms. The molecule has 2 rings (SSSR count). The van der Waals surface area contributed by atoms with E-state index in [0.29, 0.717) is 5.02 Å². The van der Waals surface area contributed by atoms with Crippen LogP contribution in [0.4, 0.5) is 0 Å². The first-order chi connectivity index (χ1) is 8.58. The predicted octanol–water partition coefficient (Wildman–Crippen LogP) is 3.77. The zero-order valence-corrected chi connectivity index (χ0v) is 11.3. The molecule has 0 saturated heterocycles. The predicted molar refractivity (Wildman–Crippen MR) is 75.9 cm³/mol. The average Bonchev–Trinajstić information content (AvgIpc) is 2.33. The van der Waals surface area contributed by atoms with Crippen LogP contribution in [0.3, 0.4) is 0 Å². The second-order valence-corrected chi connectivity index (χ2v) is 4.97. The molecule has 0 aromatic heterocycles. The standard InChI is InChI=1S/C15H16ClNO/c1-17(2)10-12-5-3-4-6-13(12)11-7-8-14(16)15(18)9-11/h3-9,18H,10H2,1-2H3. The van der Waals surface area contributed by atoms with Gasteiger partial charge in [-0.25, -0.2) is 0 Å². The van der Waals surface area contributed by atoms with Gasteiger partial charge in [-0.1, -0.05) is 41.9 Å². The summed E-state index contributed by atoms with van der Waals surface area (Å²) < 4.78 is 0. The summed E-state index contributed by atoms with van der Waals surface area (Å²) in [5.41, 5.74) is 3.33. The van der Waals surface area contributed by atoms with Crippen molar-refractivity contribution in [3.05, 3.63) is 53.1 Å². The quantitative estimate of drug-likeness (QED) is 0.909. The molecular formula is C15H16ClNO. The summed E-state index contributed by atoms with van der Waals surface area (Å²) in [5.74, 6) is 0.119. The van der Waals surface area contributed by atoms with Crippen LogP contribution in [0.15, 0.2) is 42.5 Å². The molecule has 0 aliphatic carbocycles. The Kier molecular flexibility index (Phi) is 3.90. The van der Waals surface area contributed by atoms with E-state index in [-0.39, 0.29) is 5.75 Å². The molecule has 2 aromatic rings. The molecule has 3 heteroatoms. The van der Waals surface area contributed by atoms with E-state index in [0.717, 1.165) is 17.7 Å². The molecule has 0 bridgehead atoms. The molecule has 0 aliphatic heterocycles. The summed E-state index contributed by atoms with van der Waals surface area (Å²) in [6.45, 7) is 0.861. The third kappa shape index (κ3) is 2.84. The molecule has 0 atom stereocenters. The Morgan fingerprint density at radius 3 is 2.50 bits per heavy atom. The maximum atomic E-state index is 9.69. The molecule has 0 saturated carbocycles. The lowest BCUT2D eigenvalue weighted by Gasteiger charge is -2.14. The van der Waals surface area contributed by atoms with E-state index in [9.17, 15) is 5.11 Å². The number of nitrogens with zero attached hydrogens (tertiary/aromatic N) is 1. The Morgan fingerprint density at radius 2 is 1.83 bits per heavy atom. The Bertz CT molecular complexity index is 552. The van der Waals surface area contributed by atoms with Crippen molar-refractivity contribution < 1.29 is 5.11 Å². The first-order valence-electron chi connectivity index (χ1n) is 5.79. The number of hydrogen-bond acceptors (Lipinski definition) is 2. The number of phenolic OH excluding ortho intramolecular Hbond substituents is 1. The molecular weight excluding hydrogens is 246 g/mol. The SMILES string of the molecule is CN(C)Cc1ccccc1-c1ccc(Cl)c(O)c1. The molecule has 0 heterocycles. The van der Waals surface area contributed by atoms with Gasteiger partial charge in [0.15, 0.2) is 0 Å². The highest BCUT2D eigenvalue weighted by atomic mass is 35.5. The fourth-order valence-electron chi connectivity index (χ4n) is 1.96. The topological polar surface area (TPSA) is 23.5 Å². The fourth-order valence-corrected chi connectivity index (χ4v) is 2.08. The fraction of sp³-hybridized carbons (Fsp3) is 0.200. The number of halogens is 1. The maximum Gasteiger partial charge on any atom is 0.134 e. The van der Waals surface area contributed by atoms with Gasteiger partial charge in [0.05, 0.1) is 5.02 Å². The van der Waals surface area contributed by atoms with Crippen LogP contribution in [0, 0.1) is 0 Å². The highest BCUT2D eigenvalue weighted by Gasteiger charge is 2.07. The van der Waals surface area contributed by atoms with Gasteiger partial charge in [0.1, 0.15) is 5.75 Å². The molecule has 1 N–H and O–H groups in total. The highest BCUT2D eigenvalue weighted by molar-refractivity contribution is 6.32. The van der Waals surface area contributed by atoms with E-state index < -0.39 is 0 Å². The van der Waals surface area contributed by atoms with Crippen molar-refractivity contribution in [3.8, 4) is 16.9 Å². The van der Waals surface area contributed by atoms with Crippen molar-refractivity contribution >= 4 is 11.6 Å². The van der Waals surface area contributed by atoms with Crippen molar-refractivity contribution in [1.82, 2.24) is 4.90 Å². The zero-order valence-electron chi connectivity index (χ0n) is 10.5. The first-order valence-corrected chi connectivity index (χ1v) is 6.17. The molecule has 2 nitrogen and oxygen atoms in total. The molecule has 94 valence electrons. The minimum atomic E-state index is 0.119. The normalized spacial score (nSPS) is 10.9. The molecule has 0 aliphatic rings. The summed E-state index contributed by atoms with van der Waals surface area (Å²) in [4.78, 5) is 2.12. The Labute approximate surface area is 112 Å². The molecule has 0 unspecified atom stereocenters. The van der Waals surface area contributed by atoms with Gasteiger partial charge in [0.2, 0.25) is 0 Å². The highest BCUT2D eigenvalue weighted by Crippen LogP contribution is 2.31. The number of aromatic hydroxyl groups is 1. The van der Waals surface area contributed by atoms with Gasteiger partial charge in [0.25, 0.3) is 0 Å². The minimum absolute atomic E-state index is 0.119. The van der Waals surface area contributed by atoms with E-state index in [4.69, 9.17) is 11.6 Å². The van der Waals surface area contributed by atoms with Gasteiger partial charge in [-0.05, 0) is 42.9 Å². The molecule has 0 spiro atoms. The molecule has 0 fully saturated rings. The van der Waals surface area contributed by atoms with Gasteiger partial charge < -0.3 is 10.0 Å². The largest absolute Gasteiger partial charge is 0.506 e. The number of phenols is 1. The van der Waals surface area contributed by atoms with E-state index in [1.807, 2.05) is 32.3 Å². The van der Waals surface area contributed by atoms with Crippen molar-refractivity contribution in [1.29, 1.82) is 0 Å². The summed E-state index contributed by atoms with van der Waals surface area (Å²) in [6, 6.07) is 13.5. The van der Waals surface area contributed by atoms with Crippen molar-refractivity contribution in [2.75, 3.05) is 14.1 Å². The zero-order chi connectivity index (χ0) is 13.1. The van der Waals surface area contributed by atoms with E-state index in [1.165, 1.54) is 5.56 Å². The lowest BCUT2D eigenvalue weighted by molar-refractivity contribution is 0.403. The molecule has 0 radical (unpaired) electrons. The van der Waals surface area contributed by atoms with Crippen LogP contribution in [0.5, 0.6) is 5.75 Å². The summed E-state index contributed by atoms with van der Waals surface area (Å²) in [7, 11) is 4.08. The van der Waals surface area contributed by atoms with Crippen LogP contribution in [-0.4, -0.2) is 24.1 Å². The third-order valence-corrected chi connectivity index (χ3v) is 3.08.